The molecular formula is C13H21NO4S2. The van der Waals surface area contributed by atoms with Crippen LogP contribution in [0.1, 0.15) is 37.2 Å². The highest BCUT2D eigenvalue weighted by atomic mass is 32.2. The molecule has 1 heterocycles. The lowest BCUT2D eigenvalue weighted by atomic mass is 9.96. The van der Waals surface area contributed by atoms with Gasteiger partial charge in [0.2, 0.25) is 10.0 Å². The first-order valence-corrected chi connectivity index (χ1v) is 9.48. The fourth-order valence-corrected chi connectivity index (χ4v) is 4.82. The van der Waals surface area contributed by atoms with Crippen molar-refractivity contribution in [3.8, 4) is 0 Å². The molecule has 0 amide bonds. The van der Waals surface area contributed by atoms with E-state index in [0.29, 0.717) is 11.0 Å². The van der Waals surface area contributed by atoms with E-state index in [1.54, 1.807) is 6.92 Å². The number of aliphatic hydroxyl groups is 1. The normalized spacial score (nSPS) is 23.9. The maximum absolute atomic E-state index is 12.3. The van der Waals surface area contributed by atoms with Crippen LogP contribution in [0.4, 0.5) is 0 Å². The van der Waals surface area contributed by atoms with Crippen molar-refractivity contribution in [3.05, 3.63) is 17.6 Å². The average molecular weight is 319 g/mol. The van der Waals surface area contributed by atoms with E-state index in [4.69, 9.17) is 9.52 Å². The number of rotatable bonds is 5. The first-order chi connectivity index (χ1) is 9.46. The van der Waals surface area contributed by atoms with E-state index in [-0.39, 0.29) is 23.3 Å². The van der Waals surface area contributed by atoms with Gasteiger partial charge in [-0.05, 0) is 38.9 Å². The highest BCUT2D eigenvalue weighted by molar-refractivity contribution is 7.99. The third kappa shape index (κ3) is 3.58. The van der Waals surface area contributed by atoms with Crippen molar-refractivity contribution in [3.63, 3.8) is 0 Å². The summed E-state index contributed by atoms with van der Waals surface area (Å²) in [6, 6.07) is 1.39. The summed E-state index contributed by atoms with van der Waals surface area (Å²) in [6.45, 7) is 1.30. The number of aliphatic hydroxyl groups excluding tert-OH is 1. The molecular weight excluding hydrogens is 298 g/mol. The minimum atomic E-state index is -3.57. The lowest BCUT2D eigenvalue weighted by Gasteiger charge is -2.27. The Morgan fingerprint density at radius 2 is 2.05 bits per heavy atom. The highest BCUT2D eigenvalue weighted by Gasteiger charge is 2.27. The first-order valence-electron chi connectivity index (χ1n) is 6.71. The van der Waals surface area contributed by atoms with Crippen LogP contribution in [0.25, 0.3) is 0 Å². The second kappa shape index (κ2) is 6.51. The highest BCUT2D eigenvalue weighted by Crippen LogP contribution is 2.28. The molecule has 1 saturated carbocycles. The Bertz CT molecular complexity index is 545. The predicted octanol–water partition coefficient (Wildman–Crippen LogP) is 2.03. The zero-order valence-corrected chi connectivity index (χ0v) is 13.4. The van der Waals surface area contributed by atoms with Gasteiger partial charge in [0.15, 0.2) is 0 Å². The van der Waals surface area contributed by atoms with Gasteiger partial charge in [0.1, 0.15) is 23.0 Å². The maximum atomic E-state index is 12.3. The van der Waals surface area contributed by atoms with Crippen LogP contribution in [-0.2, 0) is 16.6 Å². The van der Waals surface area contributed by atoms with Crippen LogP contribution in [0, 0.1) is 6.92 Å². The van der Waals surface area contributed by atoms with E-state index < -0.39 is 10.0 Å². The molecule has 1 fully saturated rings. The average Bonchev–Trinajstić information content (AvgIpc) is 2.81. The minimum Gasteiger partial charge on any atom is -0.462 e. The summed E-state index contributed by atoms with van der Waals surface area (Å²) in [5, 5.41) is 9.65. The van der Waals surface area contributed by atoms with Crippen LogP contribution in [0.15, 0.2) is 15.4 Å². The molecule has 20 heavy (non-hydrogen) atoms. The van der Waals surface area contributed by atoms with Crippen molar-refractivity contribution in [2.24, 2.45) is 0 Å². The van der Waals surface area contributed by atoms with E-state index in [2.05, 4.69) is 11.0 Å². The smallest absolute Gasteiger partial charge is 0.244 e. The topological polar surface area (TPSA) is 79.5 Å². The molecule has 1 aromatic heterocycles. The van der Waals surface area contributed by atoms with Crippen molar-refractivity contribution < 1.29 is 17.9 Å². The van der Waals surface area contributed by atoms with Gasteiger partial charge in [-0.15, -0.1) is 0 Å². The standard InChI is InChI=1S/C13H21NO4S2/c1-9-13(7-11(8-15)18-9)20(16,17)14-10-3-5-12(19-2)6-4-10/h7,10,12,14-15H,3-6,8H2,1-2H3. The summed E-state index contributed by atoms with van der Waals surface area (Å²) < 4.78 is 32.6. The molecule has 0 unspecified atom stereocenters. The van der Waals surface area contributed by atoms with Gasteiger partial charge in [0, 0.05) is 17.4 Å². The van der Waals surface area contributed by atoms with Crippen molar-refractivity contribution in [1.29, 1.82) is 0 Å². The van der Waals surface area contributed by atoms with Gasteiger partial charge in [-0.1, -0.05) is 0 Å². The van der Waals surface area contributed by atoms with Gasteiger partial charge >= 0.3 is 0 Å². The lowest BCUT2D eigenvalue weighted by Crippen LogP contribution is -2.38. The predicted molar refractivity (Wildman–Crippen MR) is 79.2 cm³/mol. The Hall–Kier alpha value is -0.500. The molecule has 0 saturated heterocycles. The zero-order chi connectivity index (χ0) is 14.8. The van der Waals surface area contributed by atoms with E-state index in [9.17, 15) is 8.42 Å². The van der Waals surface area contributed by atoms with Crippen LogP contribution < -0.4 is 4.72 Å². The molecule has 2 rings (SSSR count). The molecule has 0 atom stereocenters. The monoisotopic (exact) mass is 319 g/mol. The van der Waals surface area contributed by atoms with Crippen LogP contribution >= 0.6 is 11.8 Å². The summed E-state index contributed by atoms with van der Waals surface area (Å²) in [5.74, 6) is 0.591. The molecule has 0 aliphatic heterocycles. The van der Waals surface area contributed by atoms with Crippen molar-refractivity contribution in [1.82, 2.24) is 4.72 Å². The molecule has 1 aromatic rings. The molecule has 1 aliphatic rings. The number of nitrogens with one attached hydrogen (secondary N) is 1. The molecule has 0 spiro atoms. The van der Waals surface area contributed by atoms with Crippen molar-refractivity contribution in [2.75, 3.05) is 6.26 Å². The molecule has 0 aromatic carbocycles. The second-order valence-corrected chi connectivity index (χ2v) is 7.94. The minimum absolute atomic E-state index is 0.00437. The molecule has 5 nitrogen and oxygen atoms in total. The largest absolute Gasteiger partial charge is 0.462 e. The fraction of sp³-hybridized carbons (Fsp3) is 0.692. The Labute approximate surface area is 124 Å². The van der Waals surface area contributed by atoms with Crippen molar-refractivity contribution >= 4 is 21.8 Å². The Morgan fingerprint density at radius 3 is 2.55 bits per heavy atom. The zero-order valence-electron chi connectivity index (χ0n) is 11.8. The lowest BCUT2D eigenvalue weighted by molar-refractivity contribution is 0.244. The molecule has 2 N–H and O–H groups in total. The summed E-state index contributed by atoms with van der Waals surface area (Å²) >= 11 is 1.85. The summed E-state index contributed by atoms with van der Waals surface area (Å²) in [5.41, 5.74) is 0. The van der Waals surface area contributed by atoms with Gasteiger partial charge < -0.3 is 9.52 Å². The molecule has 7 heteroatoms. The molecule has 1 aliphatic carbocycles. The first kappa shape index (κ1) is 15.9. The number of hydrogen-bond donors (Lipinski definition) is 2. The number of thioether (sulfide) groups is 1. The maximum Gasteiger partial charge on any atom is 0.244 e. The molecule has 0 radical (unpaired) electrons. The quantitative estimate of drug-likeness (QED) is 0.868. The van der Waals surface area contributed by atoms with Gasteiger partial charge in [-0.25, -0.2) is 13.1 Å². The van der Waals surface area contributed by atoms with Crippen LogP contribution in [0.3, 0.4) is 0 Å². The van der Waals surface area contributed by atoms with Crippen molar-refractivity contribution in [2.45, 2.75) is 55.4 Å². The van der Waals surface area contributed by atoms with Crippen LogP contribution in [0.5, 0.6) is 0 Å². The van der Waals surface area contributed by atoms with Gasteiger partial charge in [-0.2, -0.15) is 11.8 Å². The van der Waals surface area contributed by atoms with E-state index in [0.717, 1.165) is 25.7 Å². The summed E-state index contributed by atoms with van der Waals surface area (Å²) in [7, 11) is -3.57. The Morgan fingerprint density at radius 1 is 1.40 bits per heavy atom. The molecule has 114 valence electrons. The van der Waals surface area contributed by atoms with E-state index >= 15 is 0 Å². The van der Waals surface area contributed by atoms with E-state index in [1.807, 2.05) is 11.8 Å². The Balaban J connectivity index is 2.06. The third-order valence-electron chi connectivity index (χ3n) is 3.70. The van der Waals surface area contributed by atoms with Gasteiger partial charge in [-0.3, -0.25) is 0 Å². The molecule has 0 bridgehead atoms. The fourth-order valence-electron chi connectivity index (χ4n) is 2.57. The van der Waals surface area contributed by atoms with Crippen LogP contribution in [-0.4, -0.2) is 31.1 Å². The summed E-state index contributed by atoms with van der Waals surface area (Å²) in [4.78, 5) is 0.133. The number of furan rings is 1. The second-order valence-electron chi connectivity index (χ2n) is 5.12. The number of sulfonamides is 1. The van der Waals surface area contributed by atoms with Gasteiger partial charge in [0.25, 0.3) is 0 Å². The van der Waals surface area contributed by atoms with E-state index in [1.165, 1.54) is 6.07 Å². The Kier molecular flexibility index (Phi) is 5.17. The summed E-state index contributed by atoms with van der Waals surface area (Å²) in [6.07, 6.45) is 5.92. The number of aryl methyl sites for hydroxylation is 1. The van der Waals surface area contributed by atoms with Gasteiger partial charge in [0.05, 0.1) is 0 Å². The SMILES string of the molecule is CSC1CCC(NS(=O)(=O)c2cc(CO)oc2C)CC1. The third-order valence-corrected chi connectivity index (χ3v) is 6.46. The van der Waals surface area contributed by atoms with Crippen LogP contribution in [0.2, 0.25) is 0 Å². The number of hydrogen-bond acceptors (Lipinski definition) is 5.